The molecule has 6 nitrogen and oxygen atoms in total. The van der Waals surface area contributed by atoms with Crippen molar-refractivity contribution in [3.8, 4) is 0 Å². The van der Waals surface area contributed by atoms with Crippen molar-refractivity contribution in [1.82, 2.24) is 14.8 Å². The maximum Gasteiger partial charge on any atom is 0.325 e. The van der Waals surface area contributed by atoms with Crippen molar-refractivity contribution in [2.24, 2.45) is 5.92 Å². The number of aromatic nitrogens is 1. The topological polar surface area (TPSA) is 71.4 Å². The van der Waals surface area contributed by atoms with Crippen molar-refractivity contribution in [3.05, 3.63) is 23.0 Å². The number of amides is 3. The number of hydrogen-bond acceptors (Lipinski definition) is 4. The van der Waals surface area contributed by atoms with Gasteiger partial charge in [-0.3, -0.25) is 14.5 Å². The average Bonchev–Trinajstić information content (AvgIpc) is 3.01. The SMILES string of the molecule is CSCCC1NC(=O)N(CC(=O)c2cc(C)n(CCC(C)C)c2C)C1=O. The molecule has 1 N–H and O–H groups in total. The summed E-state index contributed by atoms with van der Waals surface area (Å²) in [4.78, 5) is 38.3. The smallest absolute Gasteiger partial charge is 0.325 e. The van der Waals surface area contributed by atoms with E-state index in [9.17, 15) is 14.4 Å². The van der Waals surface area contributed by atoms with Crippen LogP contribution in [0.25, 0.3) is 0 Å². The zero-order valence-corrected chi connectivity index (χ0v) is 17.1. The van der Waals surface area contributed by atoms with Gasteiger partial charge in [-0.15, -0.1) is 0 Å². The Morgan fingerprint density at radius 1 is 1.31 bits per heavy atom. The Balaban J connectivity index is 2.09. The Bertz CT molecular complexity index is 696. The number of thioether (sulfide) groups is 1. The molecule has 0 aliphatic carbocycles. The van der Waals surface area contributed by atoms with E-state index >= 15 is 0 Å². The summed E-state index contributed by atoms with van der Waals surface area (Å²) in [5, 5.41) is 2.68. The van der Waals surface area contributed by atoms with Crippen molar-refractivity contribution in [1.29, 1.82) is 0 Å². The van der Waals surface area contributed by atoms with E-state index in [0.29, 0.717) is 17.9 Å². The predicted octanol–water partition coefficient (Wildman–Crippen LogP) is 3.01. The van der Waals surface area contributed by atoms with E-state index in [1.807, 2.05) is 26.2 Å². The van der Waals surface area contributed by atoms with Gasteiger partial charge in [0.25, 0.3) is 5.91 Å². The fourth-order valence-corrected chi connectivity index (χ4v) is 3.67. The molecule has 0 saturated carbocycles. The number of carbonyl (C=O) groups excluding carboxylic acids is 3. The fraction of sp³-hybridized carbons (Fsp3) is 0.632. The molecule has 7 heteroatoms. The lowest BCUT2D eigenvalue weighted by molar-refractivity contribution is -0.127. The van der Waals surface area contributed by atoms with Crippen LogP contribution in [-0.4, -0.2) is 51.8 Å². The summed E-state index contributed by atoms with van der Waals surface area (Å²) in [6.07, 6.45) is 3.58. The van der Waals surface area contributed by atoms with Crippen LogP contribution >= 0.6 is 11.8 Å². The van der Waals surface area contributed by atoms with Gasteiger partial charge >= 0.3 is 6.03 Å². The summed E-state index contributed by atoms with van der Waals surface area (Å²) < 4.78 is 2.14. The van der Waals surface area contributed by atoms with E-state index in [1.165, 1.54) is 0 Å². The van der Waals surface area contributed by atoms with Crippen LogP contribution in [0.5, 0.6) is 0 Å². The molecule has 0 aromatic carbocycles. The van der Waals surface area contributed by atoms with Crippen LogP contribution in [0.3, 0.4) is 0 Å². The number of rotatable bonds is 9. The highest BCUT2D eigenvalue weighted by Gasteiger charge is 2.38. The van der Waals surface area contributed by atoms with Crippen LogP contribution in [0.1, 0.15) is 48.4 Å². The minimum absolute atomic E-state index is 0.192. The van der Waals surface area contributed by atoms with Crippen molar-refractivity contribution in [3.63, 3.8) is 0 Å². The lowest BCUT2D eigenvalue weighted by atomic mass is 10.1. The van der Waals surface area contributed by atoms with E-state index in [2.05, 4.69) is 23.7 Å². The Kier molecular flexibility index (Phi) is 6.92. The summed E-state index contributed by atoms with van der Waals surface area (Å²) in [5.41, 5.74) is 2.53. The number of aryl methyl sites for hydroxylation is 1. The normalized spacial score (nSPS) is 17.3. The molecule has 2 rings (SSSR count). The van der Waals surface area contributed by atoms with Crippen molar-refractivity contribution in [2.45, 2.75) is 53.1 Å². The summed E-state index contributed by atoms with van der Waals surface area (Å²) in [6, 6.07) is 0.881. The van der Waals surface area contributed by atoms with Crippen molar-refractivity contribution < 1.29 is 14.4 Å². The minimum atomic E-state index is -0.513. The molecule has 1 aliphatic heterocycles. The molecule has 26 heavy (non-hydrogen) atoms. The molecule has 2 heterocycles. The van der Waals surface area contributed by atoms with Gasteiger partial charge < -0.3 is 9.88 Å². The second kappa shape index (κ2) is 8.75. The molecular formula is C19H29N3O3S. The molecule has 144 valence electrons. The molecule has 1 unspecified atom stereocenters. The fourth-order valence-electron chi connectivity index (χ4n) is 3.20. The highest BCUT2D eigenvalue weighted by Crippen LogP contribution is 2.19. The Morgan fingerprint density at radius 3 is 2.62 bits per heavy atom. The third-order valence-electron chi connectivity index (χ3n) is 4.82. The lowest BCUT2D eigenvalue weighted by Gasteiger charge is -2.13. The summed E-state index contributed by atoms with van der Waals surface area (Å²) in [5.74, 6) is 0.878. The summed E-state index contributed by atoms with van der Waals surface area (Å²) in [7, 11) is 0. The predicted molar refractivity (Wildman–Crippen MR) is 105 cm³/mol. The van der Waals surface area contributed by atoms with Crippen LogP contribution in [0.4, 0.5) is 4.79 Å². The highest BCUT2D eigenvalue weighted by atomic mass is 32.2. The van der Waals surface area contributed by atoms with Crippen LogP contribution in [0.15, 0.2) is 6.07 Å². The van der Waals surface area contributed by atoms with E-state index in [1.54, 1.807) is 11.8 Å². The maximum absolute atomic E-state index is 12.7. The summed E-state index contributed by atoms with van der Waals surface area (Å²) in [6.45, 7) is 8.91. The van der Waals surface area contributed by atoms with Crippen LogP contribution < -0.4 is 5.32 Å². The zero-order chi connectivity index (χ0) is 19.4. The molecule has 0 spiro atoms. The first-order valence-corrected chi connectivity index (χ1v) is 10.5. The number of ketones is 1. The monoisotopic (exact) mass is 379 g/mol. The number of carbonyl (C=O) groups is 3. The Hall–Kier alpha value is -1.76. The van der Waals surface area contributed by atoms with E-state index in [0.717, 1.165) is 35.0 Å². The maximum atomic E-state index is 12.7. The van der Waals surface area contributed by atoms with E-state index in [-0.39, 0.29) is 18.2 Å². The first-order chi connectivity index (χ1) is 12.3. The van der Waals surface area contributed by atoms with Gasteiger partial charge in [0.1, 0.15) is 6.04 Å². The van der Waals surface area contributed by atoms with Crippen LogP contribution in [0.2, 0.25) is 0 Å². The third kappa shape index (κ3) is 4.50. The first-order valence-electron chi connectivity index (χ1n) is 9.07. The molecule has 1 aromatic rings. The van der Waals surface area contributed by atoms with Gasteiger partial charge in [-0.1, -0.05) is 13.8 Å². The second-order valence-corrected chi connectivity index (χ2v) is 8.24. The molecule has 1 fully saturated rings. The van der Waals surface area contributed by atoms with Gasteiger partial charge in [0.05, 0.1) is 6.54 Å². The number of nitrogens with zero attached hydrogens (tertiary/aromatic N) is 2. The van der Waals surface area contributed by atoms with E-state index in [4.69, 9.17) is 0 Å². The molecule has 1 atom stereocenters. The number of Topliss-reactive ketones (excluding diaryl/α,β-unsaturated/α-hetero) is 1. The molecule has 0 bridgehead atoms. The first kappa shape index (κ1) is 20.6. The van der Waals surface area contributed by atoms with Crippen LogP contribution in [0, 0.1) is 19.8 Å². The average molecular weight is 380 g/mol. The molecular weight excluding hydrogens is 350 g/mol. The van der Waals surface area contributed by atoms with Crippen molar-refractivity contribution >= 4 is 29.5 Å². The number of nitrogens with one attached hydrogen (secondary N) is 1. The van der Waals surface area contributed by atoms with Gasteiger partial charge in [0.15, 0.2) is 5.78 Å². The van der Waals surface area contributed by atoms with Gasteiger partial charge in [0, 0.05) is 23.5 Å². The van der Waals surface area contributed by atoms with Gasteiger partial charge in [-0.25, -0.2) is 4.79 Å². The molecule has 1 saturated heterocycles. The van der Waals surface area contributed by atoms with Gasteiger partial charge in [-0.2, -0.15) is 11.8 Å². The number of urea groups is 1. The molecule has 0 radical (unpaired) electrons. The Labute approximate surface area is 159 Å². The Morgan fingerprint density at radius 2 is 2.00 bits per heavy atom. The highest BCUT2D eigenvalue weighted by molar-refractivity contribution is 7.98. The molecule has 1 aromatic heterocycles. The minimum Gasteiger partial charge on any atom is -0.348 e. The van der Waals surface area contributed by atoms with Gasteiger partial charge in [-0.05, 0) is 50.7 Å². The van der Waals surface area contributed by atoms with Crippen LogP contribution in [-0.2, 0) is 11.3 Å². The standard InChI is InChI=1S/C19H29N3O3S/c1-12(2)6-8-21-13(3)10-15(14(21)4)17(23)11-22-18(24)16(7-9-26-5)20-19(22)25/h10,12,16H,6-9,11H2,1-5H3,(H,20,25). The summed E-state index contributed by atoms with van der Waals surface area (Å²) >= 11 is 1.62. The number of imide groups is 1. The second-order valence-electron chi connectivity index (χ2n) is 7.25. The largest absolute Gasteiger partial charge is 0.348 e. The quantitative estimate of drug-likeness (QED) is 0.529. The van der Waals surface area contributed by atoms with E-state index < -0.39 is 12.1 Å². The zero-order valence-electron chi connectivity index (χ0n) is 16.3. The van der Waals surface area contributed by atoms with Gasteiger partial charge in [0.2, 0.25) is 0 Å². The number of hydrogen-bond donors (Lipinski definition) is 1. The third-order valence-corrected chi connectivity index (χ3v) is 5.47. The van der Waals surface area contributed by atoms with Crippen molar-refractivity contribution in [2.75, 3.05) is 18.6 Å². The molecule has 1 aliphatic rings. The lowest BCUT2D eigenvalue weighted by Crippen LogP contribution is -2.36. The molecule has 3 amide bonds.